The average molecular weight is 498 g/mol. The van der Waals surface area contributed by atoms with E-state index in [1.165, 1.54) is 12.0 Å². The highest BCUT2D eigenvalue weighted by molar-refractivity contribution is 7.91. The van der Waals surface area contributed by atoms with Crippen molar-refractivity contribution in [1.82, 2.24) is 4.90 Å². The Labute approximate surface area is 203 Å². The van der Waals surface area contributed by atoms with Crippen LogP contribution in [0.3, 0.4) is 0 Å². The monoisotopic (exact) mass is 497 g/mol. The van der Waals surface area contributed by atoms with Crippen LogP contribution in [0.15, 0.2) is 51.7 Å². The maximum absolute atomic E-state index is 13.6. The number of hydrogen-bond donors (Lipinski definition) is 0. The van der Waals surface area contributed by atoms with Crippen LogP contribution in [-0.4, -0.2) is 50.5 Å². The summed E-state index contributed by atoms with van der Waals surface area (Å²) in [7, 11) is -1.75. The third kappa shape index (κ3) is 4.07. The Bertz CT molecular complexity index is 1460. The van der Waals surface area contributed by atoms with E-state index in [1.807, 2.05) is 0 Å². The fourth-order valence-corrected chi connectivity index (χ4v) is 6.65. The van der Waals surface area contributed by atoms with Gasteiger partial charge in [0, 0.05) is 6.04 Å². The summed E-state index contributed by atoms with van der Waals surface area (Å²) in [5.74, 6) is 0.383. The van der Waals surface area contributed by atoms with Gasteiger partial charge in [0.2, 0.25) is 5.76 Å². The third-order valence-electron chi connectivity index (χ3n) is 6.67. The molecule has 0 radical (unpaired) electrons. The number of benzene rings is 2. The summed E-state index contributed by atoms with van der Waals surface area (Å²) in [5.41, 5.74) is 0.871. The van der Waals surface area contributed by atoms with E-state index in [9.17, 15) is 18.0 Å². The van der Waals surface area contributed by atoms with E-state index in [0.29, 0.717) is 41.1 Å². The number of fused-ring (bicyclic) bond motifs is 2. The Kier molecular flexibility index (Phi) is 6.04. The van der Waals surface area contributed by atoms with Gasteiger partial charge in [0.15, 0.2) is 26.8 Å². The fraction of sp³-hybridized carbons (Fsp3) is 0.385. The van der Waals surface area contributed by atoms with Crippen molar-refractivity contribution in [3.8, 4) is 11.5 Å². The third-order valence-corrected chi connectivity index (χ3v) is 8.42. The zero-order valence-corrected chi connectivity index (χ0v) is 20.5. The van der Waals surface area contributed by atoms with Gasteiger partial charge in [-0.05, 0) is 42.7 Å². The van der Waals surface area contributed by atoms with Gasteiger partial charge in [0.05, 0.1) is 42.2 Å². The molecule has 0 unspecified atom stereocenters. The first-order chi connectivity index (χ1) is 16.8. The molecule has 0 saturated carbocycles. The van der Waals surface area contributed by atoms with Crippen LogP contribution < -0.4 is 14.9 Å². The number of carbonyl (C=O) groups is 1. The largest absolute Gasteiger partial charge is 0.493 e. The molecule has 1 aromatic heterocycles. The molecule has 2 aliphatic heterocycles. The lowest BCUT2D eigenvalue weighted by Crippen LogP contribution is -2.40. The molecule has 0 bridgehead atoms. The average Bonchev–Trinajstić information content (AvgIpc) is 3.35. The van der Waals surface area contributed by atoms with Crippen molar-refractivity contribution in [2.24, 2.45) is 0 Å². The number of unbranched alkanes of at least 4 members (excludes halogenated alkanes) is 1. The molecule has 2 aliphatic rings. The van der Waals surface area contributed by atoms with Crippen molar-refractivity contribution in [1.29, 1.82) is 0 Å². The van der Waals surface area contributed by atoms with Gasteiger partial charge in [-0.2, -0.15) is 0 Å². The first-order valence-electron chi connectivity index (χ1n) is 11.7. The van der Waals surface area contributed by atoms with Gasteiger partial charge in [0.1, 0.15) is 5.58 Å². The van der Waals surface area contributed by atoms with E-state index >= 15 is 0 Å². The number of rotatable bonds is 7. The molecule has 1 fully saturated rings. The normalized spacial score (nSPS) is 20.9. The highest BCUT2D eigenvalue weighted by Gasteiger charge is 2.48. The van der Waals surface area contributed by atoms with E-state index in [4.69, 9.17) is 13.9 Å². The van der Waals surface area contributed by atoms with Gasteiger partial charge >= 0.3 is 0 Å². The number of ether oxygens (including phenoxy) is 2. The van der Waals surface area contributed by atoms with Gasteiger partial charge in [-0.15, -0.1) is 0 Å². The fourth-order valence-electron chi connectivity index (χ4n) is 4.94. The second-order valence-corrected chi connectivity index (χ2v) is 11.2. The summed E-state index contributed by atoms with van der Waals surface area (Å²) >= 11 is 0. The molecule has 0 aliphatic carbocycles. The van der Waals surface area contributed by atoms with E-state index in [1.54, 1.807) is 42.5 Å². The summed E-state index contributed by atoms with van der Waals surface area (Å²) in [6.45, 7) is 2.61. The number of amides is 1. The Hall–Kier alpha value is -3.33. The Morgan fingerprint density at radius 2 is 1.91 bits per heavy atom. The molecule has 184 valence electrons. The summed E-state index contributed by atoms with van der Waals surface area (Å²) in [4.78, 5) is 28.7. The molecule has 3 aromatic rings. The summed E-state index contributed by atoms with van der Waals surface area (Å²) in [6.07, 6.45) is 2.19. The lowest BCUT2D eigenvalue weighted by Gasteiger charge is -2.30. The molecular weight excluding hydrogens is 470 g/mol. The molecule has 0 spiro atoms. The lowest BCUT2D eigenvalue weighted by molar-refractivity contribution is 0.0662. The van der Waals surface area contributed by atoms with Crippen LogP contribution in [0, 0.1) is 0 Å². The number of para-hydroxylation sites is 1. The van der Waals surface area contributed by atoms with Gasteiger partial charge in [-0.25, -0.2) is 8.42 Å². The van der Waals surface area contributed by atoms with Crippen molar-refractivity contribution in [3.63, 3.8) is 0 Å². The first kappa shape index (κ1) is 23.4. The van der Waals surface area contributed by atoms with E-state index in [0.717, 1.165) is 12.8 Å². The van der Waals surface area contributed by atoms with Gasteiger partial charge in [0.25, 0.3) is 5.91 Å². The maximum Gasteiger partial charge on any atom is 0.291 e. The second kappa shape index (κ2) is 9.03. The smallest absolute Gasteiger partial charge is 0.291 e. The molecule has 3 heterocycles. The molecular formula is C26H27NO7S. The lowest BCUT2D eigenvalue weighted by atomic mass is 9.97. The van der Waals surface area contributed by atoms with Gasteiger partial charge in [-0.3, -0.25) is 9.59 Å². The molecule has 5 rings (SSSR count). The van der Waals surface area contributed by atoms with Crippen molar-refractivity contribution in [2.75, 3.05) is 25.2 Å². The van der Waals surface area contributed by atoms with Crippen LogP contribution in [0.1, 0.15) is 53.9 Å². The van der Waals surface area contributed by atoms with Crippen LogP contribution in [0.2, 0.25) is 0 Å². The quantitative estimate of drug-likeness (QED) is 0.459. The number of methoxy groups -OCH3 is 1. The van der Waals surface area contributed by atoms with Gasteiger partial charge in [-0.1, -0.05) is 31.5 Å². The molecule has 2 atom stereocenters. The Balaban J connectivity index is 1.67. The second-order valence-electron chi connectivity index (χ2n) is 8.95. The molecule has 2 aromatic carbocycles. The standard InChI is InChI=1S/C26H27NO7S/c1-3-4-12-33-20-10-9-16(14-21(20)32-2)23-22-24(28)18-7-5-6-8-19(18)34-25(22)26(29)27(23)17-11-13-35(30,31)15-17/h5-10,14,17,23H,3-4,11-13,15H2,1-2H3/t17-,23+/m1/s1. The predicted molar refractivity (Wildman–Crippen MR) is 131 cm³/mol. The number of sulfone groups is 1. The molecule has 9 heteroatoms. The van der Waals surface area contributed by atoms with Crippen LogP contribution >= 0.6 is 0 Å². The minimum Gasteiger partial charge on any atom is -0.493 e. The topological polar surface area (TPSA) is 103 Å². The zero-order valence-electron chi connectivity index (χ0n) is 19.7. The number of carbonyl (C=O) groups excluding carboxylic acids is 1. The minimum absolute atomic E-state index is 0.00138. The van der Waals surface area contributed by atoms with Crippen LogP contribution in [-0.2, 0) is 9.84 Å². The SMILES string of the molecule is CCCCOc1ccc([C@H]2c3c(oc4ccccc4c3=O)C(=O)N2[C@@H]2CCS(=O)(=O)C2)cc1OC. The zero-order chi connectivity index (χ0) is 24.7. The van der Waals surface area contributed by atoms with Crippen LogP contribution in [0.5, 0.6) is 11.5 Å². The van der Waals surface area contributed by atoms with E-state index < -0.39 is 27.8 Å². The predicted octanol–water partition coefficient (Wildman–Crippen LogP) is 3.71. The molecule has 1 amide bonds. The van der Waals surface area contributed by atoms with E-state index in [-0.39, 0.29) is 28.3 Å². The summed E-state index contributed by atoms with van der Waals surface area (Å²) in [6, 6.07) is 10.7. The highest BCUT2D eigenvalue weighted by Crippen LogP contribution is 2.43. The first-order valence-corrected chi connectivity index (χ1v) is 13.6. The molecule has 35 heavy (non-hydrogen) atoms. The summed E-state index contributed by atoms with van der Waals surface area (Å²) in [5, 5.41) is 0.372. The van der Waals surface area contributed by atoms with Crippen molar-refractivity contribution in [3.05, 3.63) is 69.6 Å². The van der Waals surface area contributed by atoms with E-state index in [2.05, 4.69) is 6.92 Å². The Morgan fingerprint density at radius 3 is 2.63 bits per heavy atom. The molecule has 1 saturated heterocycles. The van der Waals surface area contributed by atoms with Crippen molar-refractivity contribution < 1.29 is 27.1 Å². The van der Waals surface area contributed by atoms with Crippen LogP contribution in [0.25, 0.3) is 11.0 Å². The van der Waals surface area contributed by atoms with Gasteiger partial charge < -0.3 is 18.8 Å². The van der Waals surface area contributed by atoms with Crippen LogP contribution in [0.4, 0.5) is 0 Å². The maximum atomic E-state index is 13.6. The summed E-state index contributed by atoms with van der Waals surface area (Å²) < 4.78 is 41.9. The Morgan fingerprint density at radius 1 is 1.11 bits per heavy atom. The van der Waals surface area contributed by atoms with Crippen molar-refractivity contribution >= 4 is 26.7 Å². The number of nitrogens with zero attached hydrogens (tertiary/aromatic N) is 1. The molecule has 0 N–H and O–H groups in total. The number of hydrogen-bond acceptors (Lipinski definition) is 7. The van der Waals surface area contributed by atoms with Crippen molar-refractivity contribution in [2.45, 2.75) is 38.3 Å². The highest BCUT2D eigenvalue weighted by atomic mass is 32.2. The minimum atomic E-state index is -3.28. The molecule has 8 nitrogen and oxygen atoms in total.